The molecule has 1 atom stereocenters. The molecular formula is C15H13NO. The third kappa shape index (κ3) is 1.73. The van der Waals surface area contributed by atoms with Gasteiger partial charge >= 0.3 is 0 Å². The van der Waals surface area contributed by atoms with Crippen LogP contribution in [0.4, 0.5) is 0 Å². The van der Waals surface area contributed by atoms with Crippen molar-refractivity contribution in [2.45, 2.75) is 6.10 Å². The maximum Gasteiger partial charge on any atom is 0.106 e. The molecule has 0 saturated carbocycles. The summed E-state index contributed by atoms with van der Waals surface area (Å²) < 4.78 is 0. The monoisotopic (exact) mass is 223 g/mol. The minimum atomic E-state index is -0.577. The maximum atomic E-state index is 10.4. The molecular weight excluding hydrogens is 210 g/mol. The summed E-state index contributed by atoms with van der Waals surface area (Å²) in [4.78, 5) is 3.18. The number of hydrogen-bond donors (Lipinski definition) is 2. The van der Waals surface area contributed by atoms with Gasteiger partial charge in [0, 0.05) is 22.7 Å². The molecule has 2 aromatic carbocycles. The molecule has 0 aliphatic carbocycles. The molecule has 2 nitrogen and oxygen atoms in total. The first-order chi connectivity index (χ1) is 8.36. The number of fused-ring (bicyclic) bond motifs is 1. The van der Waals surface area contributed by atoms with Gasteiger partial charge < -0.3 is 10.1 Å². The number of aromatic nitrogens is 1. The van der Waals surface area contributed by atoms with E-state index in [1.807, 2.05) is 60.8 Å². The zero-order valence-corrected chi connectivity index (χ0v) is 9.30. The Labute approximate surface area is 99.5 Å². The first kappa shape index (κ1) is 10.1. The molecule has 0 fully saturated rings. The lowest BCUT2D eigenvalue weighted by Crippen LogP contribution is -1.97. The van der Waals surface area contributed by atoms with Crippen LogP contribution in [0.1, 0.15) is 17.2 Å². The van der Waals surface area contributed by atoms with Gasteiger partial charge in [0.25, 0.3) is 0 Å². The van der Waals surface area contributed by atoms with Crippen LogP contribution in [-0.2, 0) is 0 Å². The molecule has 0 spiro atoms. The van der Waals surface area contributed by atoms with E-state index in [0.717, 1.165) is 22.0 Å². The van der Waals surface area contributed by atoms with Crippen molar-refractivity contribution in [1.82, 2.24) is 4.98 Å². The molecule has 3 rings (SSSR count). The molecule has 3 aromatic rings. The van der Waals surface area contributed by atoms with Gasteiger partial charge in [-0.3, -0.25) is 0 Å². The topological polar surface area (TPSA) is 36.0 Å². The Balaban J connectivity index is 2.10. The predicted octanol–water partition coefficient (Wildman–Crippen LogP) is 3.25. The lowest BCUT2D eigenvalue weighted by atomic mass is 10.0. The average molecular weight is 223 g/mol. The minimum absolute atomic E-state index is 0.577. The highest BCUT2D eigenvalue weighted by Gasteiger charge is 2.13. The first-order valence-electron chi connectivity index (χ1n) is 5.65. The number of H-pyrrole nitrogens is 1. The highest BCUT2D eigenvalue weighted by molar-refractivity contribution is 5.83. The molecule has 0 aliphatic heterocycles. The Morgan fingerprint density at radius 1 is 0.882 bits per heavy atom. The van der Waals surface area contributed by atoms with Crippen LogP contribution in [-0.4, -0.2) is 10.1 Å². The summed E-state index contributed by atoms with van der Waals surface area (Å²) in [6.45, 7) is 0. The fraction of sp³-hybridized carbons (Fsp3) is 0.0667. The van der Waals surface area contributed by atoms with E-state index >= 15 is 0 Å². The molecule has 17 heavy (non-hydrogen) atoms. The number of para-hydroxylation sites is 1. The zero-order chi connectivity index (χ0) is 11.7. The predicted molar refractivity (Wildman–Crippen MR) is 68.8 cm³/mol. The van der Waals surface area contributed by atoms with E-state index in [9.17, 15) is 5.11 Å². The smallest absolute Gasteiger partial charge is 0.106 e. The Morgan fingerprint density at radius 2 is 1.59 bits per heavy atom. The van der Waals surface area contributed by atoms with E-state index in [4.69, 9.17) is 0 Å². The van der Waals surface area contributed by atoms with Crippen molar-refractivity contribution >= 4 is 10.9 Å². The van der Waals surface area contributed by atoms with Crippen molar-refractivity contribution in [2.24, 2.45) is 0 Å². The van der Waals surface area contributed by atoms with Crippen molar-refractivity contribution in [1.29, 1.82) is 0 Å². The van der Waals surface area contributed by atoms with Crippen LogP contribution in [0.15, 0.2) is 60.8 Å². The van der Waals surface area contributed by atoms with Gasteiger partial charge in [-0.1, -0.05) is 48.5 Å². The second-order valence-corrected chi connectivity index (χ2v) is 4.10. The quantitative estimate of drug-likeness (QED) is 0.687. The summed E-state index contributed by atoms with van der Waals surface area (Å²) in [6.07, 6.45) is 1.30. The molecule has 0 saturated heterocycles. The summed E-state index contributed by atoms with van der Waals surface area (Å²) in [6, 6.07) is 17.7. The fourth-order valence-corrected chi connectivity index (χ4v) is 2.14. The first-order valence-corrected chi connectivity index (χ1v) is 5.65. The molecule has 1 aromatic heterocycles. The molecule has 0 aliphatic rings. The van der Waals surface area contributed by atoms with Crippen molar-refractivity contribution < 1.29 is 5.11 Å². The molecule has 0 radical (unpaired) electrons. The second kappa shape index (κ2) is 4.07. The Kier molecular flexibility index (Phi) is 2.42. The van der Waals surface area contributed by atoms with Crippen LogP contribution < -0.4 is 0 Å². The third-order valence-corrected chi connectivity index (χ3v) is 3.03. The summed E-state index contributed by atoms with van der Waals surface area (Å²) in [5, 5.41) is 11.4. The third-order valence-electron chi connectivity index (χ3n) is 3.03. The SMILES string of the molecule is O[C@H](c1ccccc1)c1c[nH]c2ccccc12. The summed E-state index contributed by atoms with van der Waals surface area (Å²) in [5.41, 5.74) is 2.89. The number of benzene rings is 2. The summed E-state index contributed by atoms with van der Waals surface area (Å²) >= 11 is 0. The minimum Gasteiger partial charge on any atom is -0.384 e. The standard InChI is InChI=1S/C15H13NO/c17-15(11-6-2-1-3-7-11)13-10-16-14-9-5-4-8-12(13)14/h1-10,15-17H/t15-/m1/s1. The van der Waals surface area contributed by atoms with Gasteiger partial charge in [0.2, 0.25) is 0 Å². The molecule has 0 bridgehead atoms. The van der Waals surface area contributed by atoms with Crippen LogP contribution in [0.3, 0.4) is 0 Å². The number of aliphatic hydroxyl groups excluding tert-OH is 1. The van der Waals surface area contributed by atoms with Gasteiger partial charge in [0.05, 0.1) is 0 Å². The molecule has 1 heterocycles. The van der Waals surface area contributed by atoms with Crippen LogP contribution in [0.25, 0.3) is 10.9 Å². The molecule has 0 amide bonds. The maximum absolute atomic E-state index is 10.4. The van der Waals surface area contributed by atoms with Crippen LogP contribution >= 0.6 is 0 Å². The summed E-state index contributed by atoms with van der Waals surface area (Å²) in [5.74, 6) is 0. The number of rotatable bonds is 2. The van der Waals surface area contributed by atoms with Gasteiger partial charge in [0.1, 0.15) is 6.10 Å². The Bertz CT molecular complexity index is 627. The highest BCUT2D eigenvalue weighted by Crippen LogP contribution is 2.28. The van der Waals surface area contributed by atoms with E-state index in [1.54, 1.807) is 0 Å². The second-order valence-electron chi connectivity index (χ2n) is 4.10. The average Bonchev–Trinajstić information content (AvgIpc) is 2.83. The number of aromatic amines is 1. The molecule has 84 valence electrons. The Morgan fingerprint density at radius 3 is 2.41 bits per heavy atom. The van der Waals surface area contributed by atoms with Gasteiger partial charge in [-0.25, -0.2) is 0 Å². The van der Waals surface area contributed by atoms with Gasteiger partial charge in [-0.2, -0.15) is 0 Å². The van der Waals surface area contributed by atoms with E-state index in [2.05, 4.69) is 4.98 Å². The van der Waals surface area contributed by atoms with Crippen LogP contribution in [0, 0.1) is 0 Å². The molecule has 2 N–H and O–H groups in total. The lowest BCUT2D eigenvalue weighted by Gasteiger charge is -2.09. The van der Waals surface area contributed by atoms with E-state index in [0.29, 0.717) is 0 Å². The highest BCUT2D eigenvalue weighted by atomic mass is 16.3. The Hall–Kier alpha value is -2.06. The fourth-order valence-electron chi connectivity index (χ4n) is 2.14. The van der Waals surface area contributed by atoms with Crippen molar-refractivity contribution in [2.75, 3.05) is 0 Å². The molecule has 2 heteroatoms. The lowest BCUT2D eigenvalue weighted by molar-refractivity contribution is 0.222. The number of nitrogens with one attached hydrogen (secondary N) is 1. The van der Waals surface area contributed by atoms with Crippen molar-refractivity contribution in [3.63, 3.8) is 0 Å². The number of hydrogen-bond acceptors (Lipinski definition) is 1. The van der Waals surface area contributed by atoms with E-state index < -0.39 is 6.10 Å². The van der Waals surface area contributed by atoms with Crippen molar-refractivity contribution in [3.8, 4) is 0 Å². The zero-order valence-electron chi connectivity index (χ0n) is 9.30. The van der Waals surface area contributed by atoms with E-state index in [1.165, 1.54) is 0 Å². The van der Waals surface area contributed by atoms with Gasteiger partial charge in [-0.15, -0.1) is 0 Å². The largest absolute Gasteiger partial charge is 0.384 e. The number of aliphatic hydroxyl groups is 1. The summed E-state index contributed by atoms with van der Waals surface area (Å²) in [7, 11) is 0. The van der Waals surface area contributed by atoms with E-state index in [-0.39, 0.29) is 0 Å². The van der Waals surface area contributed by atoms with Gasteiger partial charge in [0.15, 0.2) is 0 Å². The van der Waals surface area contributed by atoms with Gasteiger partial charge in [-0.05, 0) is 11.6 Å². The molecule has 0 unspecified atom stereocenters. The normalized spacial score (nSPS) is 12.8. The van der Waals surface area contributed by atoms with Crippen LogP contribution in [0.2, 0.25) is 0 Å². The van der Waals surface area contributed by atoms with Crippen molar-refractivity contribution in [3.05, 3.63) is 71.9 Å². The van der Waals surface area contributed by atoms with Crippen LogP contribution in [0.5, 0.6) is 0 Å².